The molecule has 0 radical (unpaired) electrons. The summed E-state index contributed by atoms with van der Waals surface area (Å²) in [5.74, 6) is 5.98. The van der Waals surface area contributed by atoms with Crippen LogP contribution in [0.15, 0.2) is 24.3 Å². The minimum atomic E-state index is -0.529. The van der Waals surface area contributed by atoms with Gasteiger partial charge in [0.2, 0.25) is 0 Å². The lowest BCUT2D eigenvalue weighted by molar-refractivity contribution is 0.339. The number of aryl methyl sites for hydroxylation is 1. The van der Waals surface area contributed by atoms with Crippen LogP contribution < -0.4 is 16.0 Å². The molecule has 0 saturated carbocycles. The summed E-state index contributed by atoms with van der Waals surface area (Å²) in [5.41, 5.74) is 3.53. The third kappa shape index (κ3) is 1.90. The van der Waals surface area contributed by atoms with Crippen LogP contribution in [0.3, 0.4) is 0 Å². The van der Waals surface area contributed by atoms with E-state index in [1.54, 1.807) is 6.92 Å². The highest BCUT2D eigenvalue weighted by molar-refractivity contribution is 5.45. The van der Waals surface area contributed by atoms with Crippen molar-refractivity contribution in [1.29, 1.82) is 0 Å². The van der Waals surface area contributed by atoms with Crippen molar-refractivity contribution in [3.05, 3.63) is 47.2 Å². The molecule has 0 aliphatic carbocycles. The molecule has 1 unspecified atom stereocenters. The van der Waals surface area contributed by atoms with E-state index in [4.69, 9.17) is 10.6 Å². The first-order chi connectivity index (χ1) is 9.20. The lowest BCUT2D eigenvalue weighted by Crippen LogP contribution is -2.16. The van der Waals surface area contributed by atoms with E-state index in [1.807, 2.05) is 24.3 Å². The van der Waals surface area contributed by atoms with Crippen molar-refractivity contribution >= 4 is 5.82 Å². The number of anilines is 1. The highest BCUT2D eigenvalue weighted by Crippen LogP contribution is 2.36. The van der Waals surface area contributed by atoms with Gasteiger partial charge in [-0.2, -0.15) is 0 Å². The molecule has 0 amide bonds. The third-order valence-corrected chi connectivity index (χ3v) is 3.18. The maximum Gasteiger partial charge on any atom is 0.187 e. The van der Waals surface area contributed by atoms with Gasteiger partial charge in [0.1, 0.15) is 18.2 Å². The number of nitrogens with one attached hydrogen (secondary N) is 1. The van der Waals surface area contributed by atoms with Gasteiger partial charge in [0, 0.05) is 5.56 Å². The van der Waals surface area contributed by atoms with Crippen molar-refractivity contribution in [3.63, 3.8) is 0 Å². The molecule has 0 spiro atoms. The normalized spacial score (nSPS) is 16.9. The lowest BCUT2D eigenvalue weighted by Gasteiger charge is -2.11. The number of fused-ring (bicyclic) bond motifs is 1. The van der Waals surface area contributed by atoms with E-state index in [-0.39, 0.29) is 17.4 Å². The average Bonchev–Trinajstić information content (AvgIpc) is 2.85. The fraction of sp³-hybridized carbons (Fsp3) is 0.231. The Morgan fingerprint density at radius 1 is 1.37 bits per heavy atom. The van der Waals surface area contributed by atoms with E-state index in [0.717, 1.165) is 11.3 Å². The Hall–Kier alpha value is -2.21. The van der Waals surface area contributed by atoms with Crippen molar-refractivity contribution < 1.29 is 9.13 Å². The monoisotopic (exact) mass is 260 g/mol. The Balaban J connectivity index is 2.07. The van der Waals surface area contributed by atoms with Crippen molar-refractivity contribution in [2.75, 3.05) is 12.0 Å². The van der Waals surface area contributed by atoms with Gasteiger partial charge >= 0.3 is 0 Å². The van der Waals surface area contributed by atoms with Gasteiger partial charge in [0.15, 0.2) is 11.6 Å². The Labute approximate surface area is 109 Å². The smallest absolute Gasteiger partial charge is 0.187 e. The summed E-state index contributed by atoms with van der Waals surface area (Å²) in [6, 6.07) is 7.70. The lowest BCUT2D eigenvalue weighted by atomic mass is 10.0. The van der Waals surface area contributed by atoms with E-state index in [0.29, 0.717) is 12.4 Å². The van der Waals surface area contributed by atoms with E-state index >= 15 is 0 Å². The summed E-state index contributed by atoms with van der Waals surface area (Å²) in [7, 11) is 0. The van der Waals surface area contributed by atoms with Crippen LogP contribution in [0, 0.1) is 12.7 Å². The second-order valence-electron chi connectivity index (χ2n) is 4.38. The minimum absolute atomic E-state index is 0.00637. The SMILES string of the molecule is Cc1nc(C2COc3ccccc32)nc(NN)c1F. The molecule has 2 aromatic rings. The number of para-hydroxylation sites is 1. The molecule has 1 aromatic heterocycles. The number of nitrogen functional groups attached to an aromatic ring is 1. The summed E-state index contributed by atoms with van der Waals surface area (Å²) in [6.45, 7) is 2.04. The zero-order valence-electron chi connectivity index (χ0n) is 10.4. The molecule has 0 saturated heterocycles. The fourth-order valence-corrected chi connectivity index (χ4v) is 2.21. The molecule has 1 atom stereocenters. The second kappa shape index (κ2) is 4.47. The van der Waals surface area contributed by atoms with Crippen LogP contribution in [0.4, 0.5) is 10.2 Å². The number of hydrogen-bond acceptors (Lipinski definition) is 5. The number of nitrogens with zero attached hydrogens (tertiary/aromatic N) is 2. The van der Waals surface area contributed by atoms with E-state index < -0.39 is 5.82 Å². The summed E-state index contributed by atoms with van der Waals surface area (Å²) < 4.78 is 19.2. The number of ether oxygens (including phenoxy) is 1. The van der Waals surface area contributed by atoms with Gasteiger partial charge in [-0.25, -0.2) is 20.2 Å². The number of benzene rings is 1. The summed E-state index contributed by atoms with van der Waals surface area (Å²) in [5, 5.41) is 0. The van der Waals surface area contributed by atoms with Crippen LogP contribution in [0.25, 0.3) is 0 Å². The largest absolute Gasteiger partial charge is 0.492 e. The second-order valence-corrected chi connectivity index (χ2v) is 4.38. The highest BCUT2D eigenvalue weighted by Gasteiger charge is 2.28. The molecule has 6 heteroatoms. The molecular weight excluding hydrogens is 247 g/mol. The molecular formula is C13H13FN4O. The first-order valence-corrected chi connectivity index (χ1v) is 5.93. The van der Waals surface area contributed by atoms with E-state index in [2.05, 4.69) is 15.4 Å². The Bertz CT molecular complexity index is 632. The topological polar surface area (TPSA) is 73.1 Å². The van der Waals surface area contributed by atoms with E-state index in [1.165, 1.54) is 0 Å². The molecule has 5 nitrogen and oxygen atoms in total. The molecule has 1 aromatic carbocycles. The van der Waals surface area contributed by atoms with Gasteiger partial charge in [-0.15, -0.1) is 0 Å². The van der Waals surface area contributed by atoms with Crippen LogP contribution in [0.1, 0.15) is 23.0 Å². The number of aromatic nitrogens is 2. The Morgan fingerprint density at radius 2 is 2.16 bits per heavy atom. The molecule has 1 aliphatic rings. The molecule has 0 fully saturated rings. The van der Waals surface area contributed by atoms with Crippen LogP contribution >= 0.6 is 0 Å². The summed E-state index contributed by atoms with van der Waals surface area (Å²) >= 11 is 0. The number of hydrazine groups is 1. The molecule has 19 heavy (non-hydrogen) atoms. The molecule has 1 aliphatic heterocycles. The Kier molecular flexibility index (Phi) is 2.79. The zero-order chi connectivity index (χ0) is 13.4. The molecule has 0 bridgehead atoms. The fourth-order valence-electron chi connectivity index (χ4n) is 2.21. The van der Waals surface area contributed by atoms with Crippen molar-refractivity contribution in [3.8, 4) is 5.75 Å². The van der Waals surface area contributed by atoms with Gasteiger partial charge < -0.3 is 10.2 Å². The highest BCUT2D eigenvalue weighted by atomic mass is 19.1. The predicted molar refractivity (Wildman–Crippen MR) is 68.3 cm³/mol. The predicted octanol–water partition coefficient (Wildman–Crippen LogP) is 1.73. The zero-order valence-corrected chi connectivity index (χ0v) is 10.4. The Morgan fingerprint density at radius 3 is 2.95 bits per heavy atom. The van der Waals surface area contributed by atoms with Gasteiger partial charge in [0.05, 0.1) is 11.6 Å². The van der Waals surface area contributed by atoms with Crippen LogP contribution in [-0.2, 0) is 0 Å². The van der Waals surface area contributed by atoms with Crippen molar-refractivity contribution in [1.82, 2.24) is 9.97 Å². The summed E-state index contributed by atoms with van der Waals surface area (Å²) in [4.78, 5) is 8.33. The molecule has 3 rings (SSSR count). The van der Waals surface area contributed by atoms with Gasteiger partial charge in [-0.1, -0.05) is 18.2 Å². The molecule has 98 valence electrons. The first-order valence-electron chi connectivity index (χ1n) is 5.93. The number of hydrogen-bond donors (Lipinski definition) is 2. The first kappa shape index (κ1) is 11.9. The standard InChI is InChI=1S/C13H13FN4O/c1-7-11(14)13(18-15)17-12(16-7)9-6-19-10-5-3-2-4-8(9)10/h2-5,9H,6,15H2,1H3,(H,16,17,18). The molecule has 2 heterocycles. The van der Waals surface area contributed by atoms with Crippen LogP contribution in [0.5, 0.6) is 5.75 Å². The van der Waals surface area contributed by atoms with Gasteiger partial charge in [0.25, 0.3) is 0 Å². The molecule has 3 N–H and O–H groups in total. The number of nitrogens with two attached hydrogens (primary N) is 1. The minimum Gasteiger partial charge on any atom is -0.492 e. The maximum absolute atomic E-state index is 13.7. The summed E-state index contributed by atoms with van der Waals surface area (Å²) in [6.07, 6.45) is 0. The average molecular weight is 260 g/mol. The number of rotatable bonds is 2. The maximum atomic E-state index is 13.7. The van der Waals surface area contributed by atoms with Gasteiger partial charge in [-0.05, 0) is 13.0 Å². The number of halogens is 1. The van der Waals surface area contributed by atoms with Crippen molar-refractivity contribution in [2.24, 2.45) is 5.84 Å². The van der Waals surface area contributed by atoms with Crippen molar-refractivity contribution in [2.45, 2.75) is 12.8 Å². The third-order valence-electron chi connectivity index (χ3n) is 3.18. The van der Waals surface area contributed by atoms with Gasteiger partial charge in [-0.3, -0.25) is 0 Å². The quantitative estimate of drug-likeness (QED) is 0.635. The van der Waals surface area contributed by atoms with Crippen LogP contribution in [0.2, 0.25) is 0 Å². The van der Waals surface area contributed by atoms with E-state index in [9.17, 15) is 4.39 Å². The van der Waals surface area contributed by atoms with Crippen LogP contribution in [-0.4, -0.2) is 16.6 Å².